The van der Waals surface area contributed by atoms with E-state index in [0.29, 0.717) is 0 Å². The Labute approximate surface area is 375 Å². The van der Waals surface area contributed by atoms with Gasteiger partial charge in [-0.25, -0.2) is 0 Å². The number of allylic oxidation sites excluding steroid dienone is 4. The summed E-state index contributed by atoms with van der Waals surface area (Å²) >= 11 is 0. The summed E-state index contributed by atoms with van der Waals surface area (Å²) < 4.78 is 6.82. The molecule has 0 N–H and O–H groups in total. The van der Waals surface area contributed by atoms with Crippen LogP contribution >= 0.6 is 0 Å². The second-order valence-corrected chi connectivity index (χ2v) is 19.2. The molecule has 64 heavy (non-hydrogen) atoms. The molecule has 2 heteroatoms. The number of rotatable bonds is 3. The van der Waals surface area contributed by atoms with Crippen LogP contribution in [-0.4, -0.2) is 0 Å². The van der Waals surface area contributed by atoms with Gasteiger partial charge in [0.1, 0.15) is 11.2 Å². The lowest BCUT2D eigenvalue weighted by Gasteiger charge is -2.33. The third-order valence-electron chi connectivity index (χ3n) is 15.4. The molecule has 9 aromatic rings. The van der Waals surface area contributed by atoms with E-state index in [0.717, 1.165) is 45.3 Å². The van der Waals surface area contributed by atoms with Gasteiger partial charge in [-0.15, -0.1) is 0 Å². The van der Waals surface area contributed by atoms with Crippen LogP contribution in [0.15, 0.2) is 210 Å². The average molecular weight is 822 g/mol. The number of benzene rings is 8. The molecule has 0 fully saturated rings. The molecule has 2 nitrogen and oxygen atoms in total. The van der Waals surface area contributed by atoms with Gasteiger partial charge in [0.05, 0.1) is 11.1 Å². The van der Waals surface area contributed by atoms with Crippen molar-refractivity contribution in [2.45, 2.75) is 50.4 Å². The Balaban J connectivity index is 1.08. The van der Waals surface area contributed by atoms with Gasteiger partial charge in [0.25, 0.3) is 0 Å². The van der Waals surface area contributed by atoms with Gasteiger partial charge in [0.2, 0.25) is 0 Å². The van der Waals surface area contributed by atoms with E-state index in [4.69, 9.17) is 11.0 Å². The standard InChI is InChI=1S/C62H47NO/c1-38-36-40(20-16-19-39-18-6-11-25-48(39)60(38,2)3)63(55-30-17-29-53-57(55)45-23-8-12-26-49(45)61(53,4)5)41-32-34-52-47(37-41)42-21-7-13-27-50(42)62(52)51-28-14-9-24-46(51)58-54(62)35-33-44-43-22-10-15-31-56(43)64-59(44)58/h6-18,20-37H,1,19H2,2-5H3/b20-16-,40-36+. The van der Waals surface area contributed by atoms with Crippen LogP contribution < -0.4 is 4.90 Å². The van der Waals surface area contributed by atoms with Crippen LogP contribution in [-0.2, 0) is 22.7 Å². The fourth-order valence-electron chi connectivity index (χ4n) is 12.2. The van der Waals surface area contributed by atoms with Gasteiger partial charge in [-0.2, -0.15) is 0 Å². The number of nitrogens with zero attached hydrogens (tertiary/aromatic N) is 1. The summed E-state index contributed by atoms with van der Waals surface area (Å²) in [6.07, 6.45) is 7.85. The van der Waals surface area contributed by atoms with Crippen molar-refractivity contribution in [3.05, 3.63) is 250 Å². The zero-order chi connectivity index (χ0) is 43.1. The number of hydrogen-bond acceptors (Lipinski definition) is 2. The van der Waals surface area contributed by atoms with Gasteiger partial charge in [0, 0.05) is 44.1 Å². The van der Waals surface area contributed by atoms with Crippen molar-refractivity contribution < 1.29 is 4.42 Å². The molecule has 4 aliphatic rings. The summed E-state index contributed by atoms with van der Waals surface area (Å²) in [6, 6.07) is 63.3. The van der Waals surface area contributed by atoms with E-state index in [2.05, 4.69) is 221 Å². The van der Waals surface area contributed by atoms with Crippen LogP contribution in [0.1, 0.15) is 72.2 Å². The number of fused-ring (bicyclic) bond motifs is 18. The van der Waals surface area contributed by atoms with Crippen molar-refractivity contribution in [1.29, 1.82) is 0 Å². The van der Waals surface area contributed by atoms with E-state index in [1.807, 2.05) is 0 Å². The quantitative estimate of drug-likeness (QED) is 0.177. The van der Waals surface area contributed by atoms with Crippen LogP contribution in [0, 0.1) is 0 Å². The Morgan fingerprint density at radius 2 is 1.12 bits per heavy atom. The molecule has 1 heterocycles. The van der Waals surface area contributed by atoms with E-state index in [1.54, 1.807) is 0 Å². The van der Waals surface area contributed by atoms with Crippen LogP contribution in [0.3, 0.4) is 0 Å². The largest absolute Gasteiger partial charge is 0.455 e. The molecule has 0 radical (unpaired) electrons. The van der Waals surface area contributed by atoms with Crippen LogP contribution in [0.2, 0.25) is 0 Å². The Hall–Kier alpha value is -7.42. The molecule has 306 valence electrons. The molecule has 1 aromatic heterocycles. The summed E-state index contributed by atoms with van der Waals surface area (Å²) in [5.74, 6) is 0. The summed E-state index contributed by atoms with van der Waals surface area (Å²) in [6.45, 7) is 14.2. The van der Waals surface area contributed by atoms with E-state index in [1.165, 1.54) is 83.6 Å². The second-order valence-electron chi connectivity index (χ2n) is 19.2. The normalized spacial score (nSPS) is 19.3. The first-order valence-electron chi connectivity index (χ1n) is 22.7. The molecule has 0 saturated heterocycles. The number of para-hydroxylation sites is 1. The topological polar surface area (TPSA) is 16.4 Å². The summed E-state index contributed by atoms with van der Waals surface area (Å²) in [5.41, 5.74) is 23.4. The van der Waals surface area contributed by atoms with Crippen molar-refractivity contribution in [1.82, 2.24) is 0 Å². The molecule has 1 atom stereocenters. The van der Waals surface area contributed by atoms with Crippen molar-refractivity contribution in [2.24, 2.45) is 0 Å². The predicted molar refractivity (Wildman–Crippen MR) is 266 cm³/mol. The van der Waals surface area contributed by atoms with Gasteiger partial charge in [-0.05, 0) is 115 Å². The Kier molecular flexibility index (Phi) is 7.59. The van der Waals surface area contributed by atoms with Crippen molar-refractivity contribution in [3.63, 3.8) is 0 Å². The highest BCUT2D eigenvalue weighted by atomic mass is 16.3. The van der Waals surface area contributed by atoms with E-state index in [-0.39, 0.29) is 10.8 Å². The van der Waals surface area contributed by atoms with Gasteiger partial charge in [-0.1, -0.05) is 186 Å². The predicted octanol–water partition coefficient (Wildman–Crippen LogP) is 15.9. The van der Waals surface area contributed by atoms with Gasteiger partial charge in [-0.3, -0.25) is 0 Å². The van der Waals surface area contributed by atoms with Crippen LogP contribution in [0.4, 0.5) is 11.4 Å². The minimum absolute atomic E-state index is 0.152. The third-order valence-corrected chi connectivity index (χ3v) is 15.4. The van der Waals surface area contributed by atoms with Crippen molar-refractivity contribution in [3.8, 4) is 33.4 Å². The number of furan rings is 1. The minimum atomic E-state index is -0.521. The Morgan fingerprint density at radius 3 is 1.94 bits per heavy atom. The van der Waals surface area contributed by atoms with E-state index < -0.39 is 5.41 Å². The lowest BCUT2D eigenvalue weighted by Crippen LogP contribution is -2.26. The third kappa shape index (κ3) is 4.75. The highest BCUT2D eigenvalue weighted by molar-refractivity contribution is 6.13. The Bertz CT molecular complexity index is 3570. The maximum absolute atomic E-state index is 6.82. The molecule has 13 rings (SSSR count). The maximum atomic E-state index is 6.82. The van der Waals surface area contributed by atoms with Crippen molar-refractivity contribution in [2.75, 3.05) is 4.90 Å². The molecule has 1 spiro atoms. The molecule has 8 aromatic carbocycles. The van der Waals surface area contributed by atoms with E-state index in [9.17, 15) is 0 Å². The first kappa shape index (κ1) is 37.2. The van der Waals surface area contributed by atoms with Gasteiger partial charge >= 0.3 is 0 Å². The van der Waals surface area contributed by atoms with Crippen molar-refractivity contribution >= 4 is 33.3 Å². The lowest BCUT2D eigenvalue weighted by atomic mass is 9.70. The van der Waals surface area contributed by atoms with Gasteiger partial charge in [0.15, 0.2) is 0 Å². The zero-order valence-corrected chi connectivity index (χ0v) is 36.7. The number of anilines is 2. The molecular weight excluding hydrogens is 775 g/mol. The lowest BCUT2D eigenvalue weighted by molar-refractivity contribution is 0.634. The SMILES string of the molecule is C=C1/C=C(N(c2ccc3c(c2)-c2ccccc2C32c3ccccc3-c3c2ccc2c3oc3ccccc32)c2cccc3c2-c2ccccc2C3(C)C)\C=C/Cc2ccccc2C1(C)C. The molecule has 4 aliphatic carbocycles. The highest BCUT2D eigenvalue weighted by Crippen LogP contribution is 2.65. The average Bonchev–Trinajstić information content (AvgIpc) is 4.02. The van der Waals surface area contributed by atoms with E-state index >= 15 is 0 Å². The summed E-state index contributed by atoms with van der Waals surface area (Å²) in [4.78, 5) is 2.52. The number of hydrogen-bond donors (Lipinski definition) is 0. The fraction of sp³-hybridized carbons (Fsp3) is 0.129. The molecule has 0 aliphatic heterocycles. The summed E-state index contributed by atoms with van der Waals surface area (Å²) in [5, 5.41) is 2.31. The van der Waals surface area contributed by atoms with Crippen LogP contribution in [0.5, 0.6) is 0 Å². The summed E-state index contributed by atoms with van der Waals surface area (Å²) in [7, 11) is 0. The highest BCUT2D eigenvalue weighted by Gasteiger charge is 2.52. The van der Waals surface area contributed by atoms with Gasteiger partial charge < -0.3 is 9.32 Å². The molecular formula is C62H47NO. The molecule has 1 unspecified atom stereocenters. The zero-order valence-electron chi connectivity index (χ0n) is 36.7. The fourth-order valence-corrected chi connectivity index (χ4v) is 12.2. The first-order chi connectivity index (χ1) is 31.2. The molecule has 0 saturated carbocycles. The van der Waals surface area contributed by atoms with Crippen LogP contribution in [0.25, 0.3) is 55.3 Å². The molecule has 0 bridgehead atoms. The Morgan fingerprint density at radius 1 is 0.500 bits per heavy atom. The monoisotopic (exact) mass is 821 g/mol. The second kappa shape index (κ2) is 13.1. The smallest absolute Gasteiger partial charge is 0.143 e. The first-order valence-corrected chi connectivity index (χ1v) is 22.7. The minimum Gasteiger partial charge on any atom is -0.455 e. The molecule has 0 amide bonds. The maximum Gasteiger partial charge on any atom is 0.143 e.